The van der Waals surface area contributed by atoms with E-state index < -0.39 is 34.1 Å². The fourth-order valence-electron chi connectivity index (χ4n) is 3.28. The number of rotatable bonds is 6. The predicted molar refractivity (Wildman–Crippen MR) is 115 cm³/mol. The zero-order valence-electron chi connectivity index (χ0n) is 18.1. The van der Waals surface area contributed by atoms with Crippen molar-refractivity contribution in [3.63, 3.8) is 0 Å². The number of hydrogen-bond donors (Lipinski definition) is 0. The molecule has 0 fully saturated rings. The number of Topliss-reactive ketones (excluding diaryl/α,β-unsaturated/α-hetero) is 1. The van der Waals surface area contributed by atoms with E-state index in [1.165, 1.54) is 19.2 Å². The Balaban J connectivity index is 1.92. The maximum Gasteiger partial charge on any atom is 0.325 e. The number of hydrogen-bond acceptors (Lipinski definition) is 6. The van der Waals surface area contributed by atoms with Gasteiger partial charge in [-0.3, -0.25) is 9.59 Å². The average molecular weight is 446 g/mol. The zero-order chi connectivity index (χ0) is 22.8. The van der Waals surface area contributed by atoms with Gasteiger partial charge < -0.3 is 9.47 Å². The highest BCUT2D eigenvalue weighted by atomic mass is 32.2. The number of nitrogens with zero attached hydrogens (tertiary/aromatic N) is 1. The third kappa shape index (κ3) is 4.97. The number of methoxy groups -OCH3 is 1. The molecule has 0 saturated carbocycles. The van der Waals surface area contributed by atoms with Gasteiger partial charge in [-0.2, -0.15) is 4.31 Å². The summed E-state index contributed by atoms with van der Waals surface area (Å²) in [5.41, 5.74) is 1.05. The summed E-state index contributed by atoms with van der Waals surface area (Å²) in [4.78, 5) is 25.2. The van der Waals surface area contributed by atoms with Crippen LogP contribution in [0.2, 0.25) is 0 Å². The van der Waals surface area contributed by atoms with Gasteiger partial charge >= 0.3 is 5.97 Å². The Kier molecular flexibility index (Phi) is 6.52. The van der Waals surface area contributed by atoms with Crippen LogP contribution in [0, 0.1) is 5.41 Å². The van der Waals surface area contributed by atoms with Crippen molar-refractivity contribution >= 4 is 21.8 Å². The molecule has 1 atom stereocenters. The van der Waals surface area contributed by atoms with Gasteiger partial charge in [-0.05, 0) is 35.4 Å². The second-order valence-electron chi connectivity index (χ2n) is 8.50. The van der Waals surface area contributed by atoms with Crippen molar-refractivity contribution in [2.75, 3.05) is 13.7 Å². The smallest absolute Gasteiger partial charge is 0.325 e. The van der Waals surface area contributed by atoms with E-state index in [1.807, 2.05) is 24.3 Å². The van der Waals surface area contributed by atoms with Crippen molar-refractivity contribution in [2.24, 2.45) is 5.41 Å². The molecule has 0 aromatic heterocycles. The molecular formula is C23H27NO6S. The minimum atomic E-state index is -4.00. The predicted octanol–water partition coefficient (Wildman–Crippen LogP) is 2.97. The first-order valence-electron chi connectivity index (χ1n) is 9.96. The summed E-state index contributed by atoms with van der Waals surface area (Å²) in [6, 6.07) is 12.3. The van der Waals surface area contributed by atoms with E-state index in [9.17, 15) is 18.0 Å². The van der Waals surface area contributed by atoms with E-state index in [4.69, 9.17) is 9.47 Å². The molecule has 0 bridgehead atoms. The summed E-state index contributed by atoms with van der Waals surface area (Å²) in [6.07, 6.45) is 0.175. The number of fused-ring (bicyclic) bond motifs is 1. The first-order valence-corrected chi connectivity index (χ1v) is 11.4. The number of carbonyl (C=O) groups excluding carboxylic acids is 2. The van der Waals surface area contributed by atoms with Crippen LogP contribution in [0.15, 0.2) is 53.4 Å². The normalized spacial score (nSPS) is 17.0. The molecular weight excluding hydrogens is 418 g/mol. The van der Waals surface area contributed by atoms with Crippen LogP contribution in [0.3, 0.4) is 0 Å². The average Bonchev–Trinajstić information content (AvgIpc) is 2.75. The molecule has 1 aliphatic heterocycles. The van der Waals surface area contributed by atoms with E-state index in [0.717, 1.165) is 15.4 Å². The lowest BCUT2D eigenvalue weighted by Gasteiger charge is -2.34. The Bertz CT molecular complexity index is 1070. The van der Waals surface area contributed by atoms with Crippen molar-refractivity contribution in [1.82, 2.24) is 4.31 Å². The lowest BCUT2D eigenvalue weighted by molar-refractivity contribution is -0.154. The molecule has 2 aromatic carbocycles. The SMILES string of the molecule is COc1ccc(S(=O)(=O)N2Cc3ccccc3C[C@@H]2C(=O)OCC(=O)C(C)(C)C)cc1. The molecule has 2 aromatic rings. The third-order valence-corrected chi connectivity index (χ3v) is 7.19. The molecule has 1 aliphatic rings. The van der Waals surface area contributed by atoms with Gasteiger partial charge in [0.2, 0.25) is 10.0 Å². The molecule has 1 heterocycles. The van der Waals surface area contributed by atoms with Crippen LogP contribution in [-0.2, 0) is 37.3 Å². The number of sulfonamides is 1. The molecule has 3 rings (SSSR count). The minimum Gasteiger partial charge on any atom is -0.497 e. The van der Waals surface area contributed by atoms with Crippen LogP contribution in [-0.4, -0.2) is 44.2 Å². The van der Waals surface area contributed by atoms with Crippen LogP contribution >= 0.6 is 0 Å². The molecule has 0 saturated heterocycles. The van der Waals surface area contributed by atoms with Crippen LogP contribution in [0.4, 0.5) is 0 Å². The Hall–Kier alpha value is -2.71. The summed E-state index contributed by atoms with van der Waals surface area (Å²) in [5, 5.41) is 0. The van der Waals surface area contributed by atoms with E-state index in [0.29, 0.717) is 5.75 Å². The lowest BCUT2D eigenvalue weighted by Crippen LogP contribution is -2.49. The highest BCUT2D eigenvalue weighted by Crippen LogP contribution is 2.30. The highest BCUT2D eigenvalue weighted by molar-refractivity contribution is 7.89. The summed E-state index contributed by atoms with van der Waals surface area (Å²) in [7, 11) is -2.50. The van der Waals surface area contributed by atoms with E-state index in [-0.39, 0.29) is 23.6 Å². The van der Waals surface area contributed by atoms with E-state index >= 15 is 0 Å². The Morgan fingerprint density at radius 1 is 1.03 bits per heavy atom. The van der Waals surface area contributed by atoms with E-state index in [2.05, 4.69) is 0 Å². The molecule has 31 heavy (non-hydrogen) atoms. The third-order valence-electron chi connectivity index (χ3n) is 5.33. The molecule has 7 nitrogen and oxygen atoms in total. The van der Waals surface area contributed by atoms with Crippen molar-refractivity contribution in [1.29, 1.82) is 0 Å². The molecule has 0 N–H and O–H groups in total. The van der Waals surface area contributed by atoms with Crippen molar-refractivity contribution in [2.45, 2.75) is 44.7 Å². The van der Waals surface area contributed by atoms with Gasteiger partial charge in [-0.1, -0.05) is 45.0 Å². The number of benzene rings is 2. The van der Waals surface area contributed by atoms with Gasteiger partial charge in [-0.25, -0.2) is 8.42 Å². The van der Waals surface area contributed by atoms with Gasteiger partial charge in [0, 0.05) is 18.4 Å². The van der Waals surface area contributed by atoms with Crippen LogP contribution < -0.4 is 4.74 Å². The summed E-state index contributed by atoms with van der Waals surface area (Å²) in [5.74, 6) is -0.439. The molecule has 0 radical (unpaired) electrons. The molecule has 0 aliphatic carbocycles. The monoisotopic (exact) mass is 445 g/mol. The molecule has 8 heteroatoms. The fraction of sp³-hybridized carbons (Fsp3) is 0.391. The second-order valence-corrected chi connectivity index (χ2v) is 10.4. The lowest BCUT2D eigenvalue weighted by atomic mass is 9.91. The largest absolute Gasteiger partial charge is 0.497 e. The first-order chi connectivity index (χ1) is 14.5. The quantitative estimate of drug-likeness (QED) is 0.635. The minimum absolute atomic E-state index is 0.0392. The van der Waals surface area contributed by atoms with Gasteiger partial charge in [0.1, 0.15) is 11.8 Å². The summed E-state index contributed by atoms with van der Waals surface area (Å²) < 4.78 is 38.4. The number of ketones is 1. The molecule has 0 unspecified atom stereocenters. The van der Waals surface area contributed by atoms with Gasteiger partial charge in [0.05, 0.1) is 12.0 Å². The number of ether oxygens (including phenoxy) is 2. The van der Waals surface area contributed by atoms with Gasteiger partial charge in [0.15, 0.2) is 12.4 Å². The Morgan fingerprint density at radius 2 is 1.65 bits per heavy atom. The van der Waals surface area contributed by atoms with Crippen LogP contribution in [0.25, 0.3) is 0 Å². The highest BCUT2D eigenvalue weighted by Gasteiger charge is 2.41. The second kappa shape index (κ2) is 8.80. The number of esters is 1. The number of carbonyl (C=O) groups is 2. The Morgan fingerprint density at radius 3 is 2.23 bits per heavy atom. The summed E-state index contributed by atoms with van der Waals surface area (Å²) >= 11 is 0. The summed E-state index contributed by atoms with van der Waals surface area (Å²) in [6.45, 7) is 4.86. The van der Waals surface area contributed by atoms with Crippen molar-refractivity contribution < 1.29 is 27.5 Å². The zero-order valence-corrected chi connectivity index (χ0v) is 18.9. The topological polar surface area (TPSA) is 90.0 Å². The molecule has 166 valence electrons. The van der Waals surface area contributed by atoms with E-state index in [1.54, 1.807) is 32.9 Å². The van der Waals surface area contributed by atoms with Crippen molar-refractivity contribution in [3.8, 4) is 5.75 Å². The maximum absolute atomic E-state index is 13.4. The molecule has 0 spiro atoms. The molecule has 0 amide bonds. The standard InChI is InChI=1S/C23H27NO6S/c1-23(2,3)21(25)15-30-22(26)20-13-16-7-5-6-8-17(16)14-24(20)31(27,28)19-11-9-18(29-4)10-12-19/h5-12,20H,13-15H2,1-4H3/t20-/m1/s1. The van der Waals surface area contributed by atoms with Crippen LogP contribution in [0.5, 0.6) is 5.75 Å². The van der Waals surface area contributed by atoms with Gasteiger partial charge in [-0.15, -0.1) is 0 Å². The van der Waals surface area contributed by atoms with Gasteiger partial charge in [0.25, 0.3) is 0 Å². The Labute approximate surface area is 183 Å². The maximum atomic E-state index is 13.4. The fourth-order valence-corrected chi connectivity index (χ4v) is 4.84. The first kappa shape index (κ1) is 23.0. The van der Waals surface area contributed by atoms with Crippen molar-refractivity contribution in [3.05, 3.63) is 59.7 Å². The van der Waals surface area contributed by atoms with Crippen LogP contribution in [0.1, 0.15) is 31.9 Å².